The summed E-state index contributed by atoms with van der Waals surface area (Å²) in [4.78, 5) is 25.8. The summed E-state index contributed by atoms with van der Waals surface area (Å²) < 4.78 is 1.89. The number of carboxylic acid groups (broad SMARTS) is 1. The van der Waals surface area contributed by atoms with Crippen molar-refractivity contribution in [3.8, 4) is 0 Å². The molecule has 0 radical (unpaired) electrons. The van der Waals surface area contributed by atoms with E-state index < -0.39 is 5.97 Å². The molecule has 2 aromatic heterocycles. The first-order valence-corrected chi connectivity index (χ1v) is 7.98. The van der Waals surface area contributed by atoms with Gasteiger partial charge in [0.1, 0.15) is 4.88 Å². The van der Waals surface area contributed by atoms with Crippen LogP contribution >= 0.6 is 11.3 Å². The highest BCUT2D eigenvalue weighted by Crippen LogP contribution is 2.29. The van der Waals surface area contributed by atoms with Crippen LogP contribution in [0, 0.1) is 0 Å². The van der Waals surface area contributed by atoms with Crippen LogP contribution in [0.2, 0.25) is 0 Å². The van der Waals surface area contributed by atoms with Gasteiger partial charge in [-0.3, -0.25) is 9.48 Å². The van der Waals surface area contributed by atoms with Gasteiger partial charge in [-0.2, -0.15) is 5.10 Å². The summed E-state index contributed by atoms with van der Waals surface area (Å²) in [5.74, 6) is -0.630. The lowest BCUT2D eigenvalue weighted by molar-refractivity contribution is 0.0699. The fourth-order valence-electron chi connectivity index (χ4n) is 2.89. The van der Waals surface area contributed by atoms with Crippen LogP contribution in [0.3, 0.4) is 0 Å². The highest BCUT2D eigenvalue weighted by Gasteiger charge is 2.27. The summed E-state index contributed by atoms with van der Waals surface area (Å²) in [7, 11) is 1.94. The van der Waals surface area contributed by atoms with E-state index in [0.29, 0.717) is 23.9 Å². The van der Waals surface area contributed by atoms with Gasteiger partial charge in [0, 0.05) is 37.9 Å². The minimum Gasteiger partial charge on any atom is -0.477 e. The molecule has 0 spiro atoms. The van der Waals surface area contributed by atoms with Crippen molar-refractivity contribution in [2.24, 2.45) is 7.05 Å². The van der Waals surface area contributed by atoms with Crippen LogP contribution in [0.4, 0.5) is 0 Å². The van der Waals surface area contributed by atoms with Crippen molar-refractivity contribution in [1.82, 2.24) is 14.7 Å². The molecule has 1 fully saturated rings. The number of aryl methyl sites for hydroxylation is 1. The SMILES string of the molecule is Cn1nccc1C1CCN(C(=O)c2ccc(C(=O)O)s2)CC1. The second kappa shape index (κ2) is 5.92. The second-order valence-corrected chi connectivity index (χ2v) is 6.50. The van der Waals surface area contributed by atoms with E-state index in [0.717, 1.165) is 24.2 Å². The van der Waals surface area contributed by atoms with Gasteiger partial charge in [-0.05, 0) is 31.0 Å². The van der Waals surface area contributed by atoms with E-state index in [4.69, 9.17) is 5.11 Å². The summed E-state index contributed by atoms with van der Waals surface area (Å²) in [5.41, 5.74) is 1.20. The first kappa shape index (κ1) is 14.8. The minimum atomic E-state index is -0.987. The van der Waals surface area contributed by atoms with Gasteiger partial charge in [-0.15, -0.1) is 11.3 Å². The average molecular weight is 319 g/mol. The Morgan fingerprint density at radius 3 is 2.45 bits per heavy atom. The van der Waals surface area contributed by atoms with E-state index >= 15 is 0 Å². The number of aromatic carboxylic acids is 1. The minimum absolute atomic E-state index is 0.0686. The zero-order valence-electron chi connectivity index (χ0n) is 12.2. The Kier molecular flexibility index (Phi) is 3.98. The predicted octanol–water partition coefficient (Wildman–Crippen LogP) is 2.20. The summed E-state index contributed by atoms with van der Waals surface area (Å²) in [6.07, 6.45) is 3.61. The highest BCUT2D eigenvalue weighted by atomic mass is 32.1. The number of likely N-dealkylation sites (tertiary alicyclic amines) is 1. The molecule has 0 aromatic carbocycles. The molecule has 116 valence electrons. The number of hydrogen-bond donors (Lipinski definition) is 1. The predicted molar refractivity (Wildman–Crippen MR) is 82.4 cm³/mol. The van der Waals surface area contributed by atoms with Gasteiger partial charge in [-0.1, -0.05) is 0 Å². The van der Waals surface area contributed by atoms with Crippen LogP contribution in [-0.4, -0.2) is 44.8 Å². The lowest BCUT2D eigenvalue weighted by Gasteiger charge is -2.31. The Balaban J connectivity index is 1.64. The quantitative estimate of drug-likeness (QED) is 0.941. The molecule has 2 aromatic rings. The van der Waals surface area contributed by atoms with Crippen molar-refractivity contribution in [2.75, 3.05) is 13.1 Å². The summed E-state index contributed by atoms with van der Waals surface area (Å²) in [6, 6.07) is 5.12. The molecule has 1 saturated heterocycles. The largest absolute Gasteiger partial charge is 0.477 e. The number of nitrogens with zero attached hydrogens (tertiary/aromatic N) is 3. The maximum absolute atomic E-state index is 12.4. The molecule has 3 rings (SSSR count). The number of carbonyl (C=O) groups is 2. The first-order chi connectivity index (χ1) is 10.6. The molecular weight excluding hydrogens is 302 g/mol. The number of aromatic nitrogens is 2. The molecule has 6 nitrogen and oxygen atoms in total. The normalized spacial score (nSPS) is 16.0. The fourth-order valence-corrected chi connectivity index (χ4v) is 3.70. The number of thiophene rings is 1. The van der Waals surface area contributed by atoms with Crippen molar-refractivity contribution < 1.29 is 14.7 Å². The van der Waals surface area contributed by atoms with Gasteiger partial charge in [0.15, 0.2) is 0 Å². The summed E-state index contributed by atoms with van der Waals surface area (Å²) in [5, 5.41) is 13.1. The molecular formula is C15H17N3O3S. The Hall–Kier alpha value is -2.15. The first-order valence-electron chi connectivity index (χ1n) is 7.16. The van der Waals surface area contributed by atoms with Gasteiger partial charge in [0.25, 0.3) is 5.91 Å². The van der Waals surface area contributed by atoms with E-state index in [-0.39, 0.29) is 10.8 Å². The smallest absolute Gasteiger partial charge is 0.345 e. The van der Waals surface area contributed by atoms with Gasteiger partial charge >= 0.3 is 5.97 Å². The van der Waals surface area contributed by atoms with Crippen molar-refractivity contribution in [1.29, 1.82) is 0 Å². The van der Waals surface area contributed by atoms with Crippen molar-refractivity contribution in [3.05, 3.63) is 39.8 Å². The Morgan fingerprint density at radius 2 is 1.91 bits per heavy atom. The molecule has 0 aliphatic carbocycles. The number of piperidine rings is 1. The molecule has 1 amide bonds. The number of carbonyl (C=O) groups excluding carboxylic acids is 1. The van der Waals surface area contributed by atoms with Crippen LogP contribution in [0.5, 0.6) is 0 Å². The number of rotatable bonds is 3. The van der Waals surface area contributed by atoms with E-state index in [1.807, 2.05) is 22.7 Å². The van der Waals surface area contributed by atoms with Crippen LogP contribution in [0.15, 0.2) is 24.4 Å². The zero-order chi connectivity index (χ0) is 15.7. The van der Waals surface area contributed by atoms with Gasteiger partial charge in [-0.25, -0.2) is 4.79 Å². The number of carboxylic acids is 1. The van der Waals surface area contributed by atoms with Crippen LogP contribution in [0.1, 0.15) is 43.8 Å². The number of hydrogen-bond acceptors (Lipinski definition) is 4. The van der Waals surface area contributed by atoms with Gasteiger partial charge < -0.3 is 10.0 Å². The average Bonchev–Trinajstić information content (AvgIpc) is 3.15. The Labute approximate surface area is 132 Å². The van der Waals surface area contributed by atoms with Crippen molar-refractivity contribution in [3.63, 3.8) is 0 Å². The third kappa shape index (κ3) is 2.76. The van der Waals surface area contributed by atoms with E-state index in [9.17, 15) is 9.59 Å². The summed E-state index contributed by atoms with van der Waals surface area (Å²) >= 11 is 1.04. The standard InChI is InChI=1S/C15H17N3O3S/c1-17-11(4-7-16-17)10-5-8-18(9-6-10)14(19)12-2-3-13(22-12)15(20)21/h2-4,7,10H,5-6,8-9H2,1H3,(H,20,21). The van der Waals surface area contributed by atoms with Crippen LogP contribution in [0.25, 0.3) is 0 Å². The highest BCUT2D eigenvalue weighted by molar-refractivity contribution is 7.15. The lowest BCUT2D eigenvalue weighted by Crippen LogP contribution is -2.37. The Bertz CT molecular complexity index is 698. The third-order valence-electron chi connectivity index (χ3n) is 4.09. The van der Waals surface area contributed by atoms with Crippen molar-refractivity contribution >= 4 is 23.2 Å². The topological polar surface area (TPSA) is 75.4 Å². The number of amides is 1. The summed E-state index contributed by atoms with van der Waals surface area (Å²) in [6.45, 7) is 1.38. The van der Waals surface area contributed by atoms with Gasteiger partial charge in [0.2, 0.25) is 0 Å². The van der Waals surface area contributed by atoms with E-state index in [1.54, 1.807) is 12.3 Å². The van der Waals surface area contributed by atoms with Gasteiger partial charge in [0.05, 0.1) is 4.88 Å². The lowest BCUT2D eigenvalue weighted by atomic mass is 9.93. The fraction of sp³-hybridized carbons (Fsp3) is 0.400. The van der Waals surface area contributed by atoms with E-state index in [1.165, 1.54) is 11.8 Å². The maximum atomic E-state index is 12.4. The molecule has 7 heteroatoms. The van der Waals surface area contributed by atoms with E-state index in [2.05, 4.69) is 5.10 Å². The Morgan fingerprint density at radius 1 is 1.23 bits per heavy atom. The molecule has 0 bridgehead atoms. The van der Waals surface area contributed by atoms with Crippen molar-refractivity contribution in [2.45, 2.75) is 18.8 Å². The monoisotopic (exact) mass is 319 g/mol. The second-order valence-electron chi connectivity index (χ2n) is 5.42. The molecule has 1 aliphatic heterocycles. The molecule has 1 aliphatic rings. The maximum Gasteiger partial charge on any atom is 0.345 e. The molecule has 0 saturated carbocycles. The molecule has 1 N–H and O–H groups in total. The third-order valence-corrected chi connectivity index (χ3v) is 5.15. The molecule has 0 unspecified atom stereocenters. The molecule has 0 atom stereocenters. The molecule has 22 heavy (non-hydrogen) atoms. The molecule has 3 heterocycles. The zero-order valence-corrected chi connectivity index (χ0v) is 13.0. The van der Waals surface area contributed by atoms with Crippen LogP contribution < -0.4 is 0 Å². The van der Waals surface area contributed by atoms with Crippen LogP contribution in [-0.2, 0) is 7.05 Å².